The maximum atomic E-state index is 4.54. The lowest BCUT2D eigenvalue weighted by Crippen LogP contribution is -2.05. The Labute approximate surface area is 148 Å². The quantitative estimate of drug-likeness (QED) is 0.680. The van der Waals surface area contributed by atoms with Crippen molar-refractivity contribution in [1.82, 2.24) is 15.2 Å². The molecule has 25 heavy (non-hydrogen) atoms. The zero-order chi connectivity index (χ0) is 17.8. The Kier molecular flexibility index (Phi) is 4.93. The van der Waals surface area contributed by atoms with Gasteiger partial charge in [-0.25, -0.2) is 0 Å². The Bertz CT molecular complexity index is 873. The van der Waals surface area contributed by atoms with Gasteiger partial charge in [0.2, 0.25) is 5.95 Å². The highest BCUT2D eigenvalue weighted by atomic mass is 15.3. The minimum atomic E-state index is 0.410. The van der Waals surface area contributed by atoms with Crippen LogP contribution in [0.2, 0.25) is 0 Å². The lowest BCUT2D eigenvalue weighted by atomic mass is 10.0. The van der Waals surface area contributed by atoms with Gasteiger partial charge in [0, 0.05) is 11.4 Å². The van der Waals surface area contributed by atoms with Crippen molar-refractivity contribution in [3.05, 3.63) is 65.4 Å². The van der Waals surface area contributed by atoms with Gasteiger partial charge in [-0.2, -0.15) is 10.1 Å². The number of nitrogens with one attached hydrogen (secondary N) is 2. The molecular weight excluding hydrogens is 310 g/mol. The summed E-state index contributed by atoms with van der Waals surface area (Å²) in [6, 6.07) is 14.3. The lowest BCUT2D eigenvalue weighted by molar-refractivity contribution is 0.867. The van der Waals surface area contributed by atoms with Gasteiger partial charge in [-0.3, -0.25) is 0 Å². The van der Waals surface area contributed by atoms with E-state index < -0.39 is 0 Å². The maximum absolute atomic E-state index is 4.54. The molecule has 3 rings (SSSR count). The Hall–Kier alpha value is -2.95. The maximum Gasteiger partial charge on any atom is 0.249 e. The van der Waals surface area contributed by atoms with Crippen LogP contribution in [0.4, 0.5) is 23.1 Å². The lowest BCUT2D eigenvalue weighted by Gasteiger charge is -2.14. The van der Waals surface area contributed by atoms with Crippen LogP contribution in [-0.4, -0.2) is 15.2 Å². The van der Waals surface area contributed by atoms with Crippen molar-refractivity contribution in [2.24, 2.45) is 0 Å². The van der Waals surface area contributed by atoms with E-state index in [0.29, 0.717) is 17.7 Å². The number of rotatable bonds is 5. The van der Waals surface area contributed by atoms with E-state index in [1.807, 2.05) is 30.3 Å². The van der Waals surface area contributed by atoms with Crippen molar-refractivity contribution in [1.29, 1.82) is 0 Å². The molecule has 0 atom stereocenters. The Morgan fingerprint density at radius 2 is 1.64 bits per heavy atom. The molecule has 0 unspecified atom stereocenters. The van der Waals surface area contributed by atoms with Crippen LogP contribution < -0.4 is 10.6 Å². The summed E-state index contributed by atoms with van der Waals surface area (Å²) in [4.78, 5) is 4.54. The zero-order valence-electron chi connectivity index (χ0n) is 15.0. The van der Waals surface area contributed by atoms with Gasteiger partial charge in [0.25, 0.3) is 0 Å². The normalized spacial score (nSPS) is 10.8. The molecule has 0 saturated carbocycles. The fourth-order valence-electron chi connectivity index (χ4n) is 2.68. The van der Waals surface area contributed by atoms with Crippen LogP contribution in [0.15, 0.2) is 48.7 Å². The second kappa shape index (κ2) is 7.30. The summed E-state index contributed by atoms with van der Waals surface area (Å²) < 4.78 is 0. The number of hydrogen-bond acceptors (Lipinski definition) is 5. The van der Waals surface area contributed by atoms with Gasteiger partial charge in [0.15, 0.2) is 5.82 Å². The van der Waals surface area contributed by atoms with Crippen molar-refractivity contribution in [3.8, 4) is 0 Å². The molecule has 1 aromatic heterocycles. The molecule has 0 fully saturated rings. The SMILES string of the molecule is Cc1cccc(Nc2cnnc(Nc3ccccc3C(C)C)n2)c1C. The van der Waals surface area contributed by atoms with Crippen LogP contribution >= 0.6 is 0 Å². The largest absolute Gasteiger partial charge is 0.339 e. The van der Waals surface area contributed by atoms with Crippen LogP contribution in [0.25, 0.3) is 0 Å². The molecule has 0 aliphatic heterocycles. The van der Waals surface area contributed by atoms with Crippen molar-refractivity contribution in [2.45, 2.75) is 33.6 Å². The summed E-state index contributed by atoms with van der Waals surface area (Å²) in [6.45, 7) is 8.51. The van der Waals surface area contributed by atoms with Crippen LogP contribution in [-0.2, 0) is 0 Å². The van der Waals surface area contributed by atoms with Gasteiger partial charge in [0.05, 0.1) is 6.20 Å². The van der Waals surface area contributed by atoms with Gasteiger partial charge in [-0.15, -0.1) is 5.10 Å². The number of hydrogen-bond donors (Lipinski definition) is 2. The molecule has 0 amide bonds. The number of nitrogens with zero attached hydrogens (tertiary/aromatic N) is 3. The first-order valence-corrected chi connectivity index (χ1v) is 8.43. The van der Waals surface area contributed by atoms with Gasteiger partial charge in [-0.05, 0) is 48.6 Å². The molecule has 5 heteroatoms. The first kappa shape index (κ1) is 16.9. The number of para-hydroxylation sites is 1. The van der Waals surface area contributed by atoms with Crippen LogP contribution in [0.5, 0.6) is 0 Å². The van der Waals surface area contributed by atoms with Crippen LogP contribution in [0.3, 0.4) is 0 Å². The summed E-state index contributed by atoms with van der Waals surface area (Å²) in [5, 5.41) is 14.8. The molecule has 0 spiro atoms. The molecule has 0 aliphatic carbocycles. The minimum absolute atomic E-state index is 0.410. The van der Waals surface area contributed by atoms with Crippen molar-refractivity contribution < 1.29 is 0 Å². The van der Waals surface area contributed by atoms with E-state index in [9.17, 15) is 0 Å². The molecule has 3 aromatic rings. The van der Waals surface area contributed by atoms with E-state index in [0.717, 1.165) is 11.4 Å². The van der Waals surface area contributed by atoms with Gasteiger partial charge in [-0.1, -0.05) is 44.2 Å². The first-order valence-electron chi connectivity index (χ1n) is 8.43. The molecule has 0 aliphatic rings. The van der Waals surface area contributed by atoms with E-state index >= 15 is 0 Å². The van der Waals surface area contributed by atoms with Crippen molar-refractivity contribution in [3.63, 3.8) is 0 Å². The monoisotopic (exact) mass is 333 g/mol. The third-order valence-corrected chi connectivity index (χ3v) is 4.26. The Morgan fingerprint density at radius 1 is 0.880 bits per heavy atom. The summed E-state index contributed by atoms with van der Waals surface area (Å²) in [7, 11) is 0. The van der Waals surface area contributed by atoms with Gasteiger partial charge < -0.3 is 10.6 Å². The van der Waals surface area contributed by atoms with Gasteiger partial charge >= 0.3 is 0 Å². The molecular formula is C20H23N5. The third kappa shape index (κ3) is 3.94. The number of anilines is 4. The molecule has 0 saturated heterocycles. The average Bonchev–Trinajstić information content (AvgIpc) is 2.60. The predicted molar refractivity (Wildman–Crippen MR) is 103 cm³/mol. The molecule has 1 heterocycles. The van der Waals surface area contributed by atoms with E-state index in [-0.39, 0.29) is 0 Å². The van der Waals surface area contributed by atoms with Crippen LogP contribution in [0.1, 0.15) is 36.5 Å². The van der Waals surface area contributed by atoms with Crippen molar-refractivity contribution >= 4 is 23.1 Å². The highest BCUT2D eigenvalue weighted by Gasteiger charge is 2.09. The second-order valence-electron chi connectivity index (χ2n) is 6.40. The average molecular weight is 333 g/mol. The predicted octanol–water partition coefficient (Wildman–Crippen LogP) is 5.10. The second-order valence-corrected chi connectivity index (χ2v) is 6.40. The first-order chi connectivity index (χ1) is 12.0. The number of aryl methyl sites for hydroxylation is 1. The number of aromatic nitrogens is 3. The topological polar surface area (TPSA) is 62.7 Å². The van der Waals surface area contributed by atoms with E-state index in [4.69, 9.17) is 0 Å². The number of benzene rings is 2. The molecule has 2 aromatic carbocycles. The molecule has 0 bridgehead atoms. The van der Waals surface area contributed by atoms with Crippen LogP contribution in [0, 0.1) is 13.8 Å². The van der Waals surface area contributed by atoms with E-state index in [1.165, 1.54) is 16.7 Å². The summed E-state index contributed by atoms with van der Waals surface area (Å²) in [5.74, 6) is 1.55. The molecule has 0 radical (unpaired) electrons. The molecule has 2 N–H and O–H groups in total. The highest BCUT2D eigenvalue weighted by molar-refractivity contribution is 5.64. The fraction of sp³-hybridized carbons (Fsp3) is 0.250. The smallest absolute Gasteiger partial charge is 0.249 e. The highest BCUT2D eigenvalue weighted by Crippen LogP contribution is 2.26. The summed E-state index contributed by atoms with van der Waals surface area (Å²) in [5.41, 5.74) is 5.67. The third-order valence-electron chi connectivity index (χ3n) is 4.26. The Balaban J connectivity index is 1.84. The Morgan fingerprint density at radius 3 is 2.44 bits per heavy atom. The van der Waals surface area contributed by atoms with Gasteiger partial charge in [0.1, 0.15) is 0 Å². The van der Waals surface area contributed by atoms with E-state index in [1.54, 1.807) is 6.20 Å². The summed E-state index contributed by atoms with van der Waals surface area (Å²) >= 11 is 0. The standard InChI is InChI=1S/C20H23N5/c1-13(2)16-9-5-6-10-18(16)23-20-24-19(12-21-25-20)22-17-11-7-8-14(3)15(17)4/h5-13H,1-4H3,(H2,22,23,24,25). The fourth-order valence-corrected chi connectivity index (χ4v) is 2.68. The molecule has 5 nitrogen and oxygen atoms in total. The molecule has 128 valence electrons. The zero-order valence-corrected chi connectivity index (χ0v) is 15.0. The summed E-state index contributed by atoms with van der Waals surface area (Å²) in [6.07, 6.45) is 1.63. The van der Waals surface area contributed by atoms with E-state index in [2.05, 4.69) is 65.6 Å². The minimum Gasteiger partial charge on any atom is -0.339 e. The van der Waals surface area contributed by atoms with Crippen molar-refractivity contribution in [2.75, 3.05) is 10.6 Å².